The molecule has 1 aliphatic rings. The van der Waals surface area contributed by atoms with Gasteiger partial charge in [0.2, 0.25) is 6.36 Å². The highest BCUT2D eigenvalue weighted by Crippen LogP contribution is 2.26. The van der Waals surface area contributed by atoms with Gasteiger partial charge in [-0.2, -0.15) is 5.10 Å². The average Bonchev–Trinajstić information content (AvgIpc) is 3.46. The molecule has 2 aromatic carbocycles. The number of benzene rings is 2. The Kier molecular flexibility index (Phi) is 6.69. The van der Waals surface area contributed by atoms with Crippen molar-refractivity contribution < 1.29 is 32.6 Å². The molecule has 1 atom stereocenters. The van der Waals surface area contributed by atoms with Crippen LogP contribution in [-0.4, -0.2) is 38.7 Å². The van der Waals surface area contributed by atoms with Crippen molar-refractivity contribution in [3.63, 3.8) is 0 Å². The fraction of sp³-hybridized carbons (Fsp3) is 0.192. The van der Waals surface area contributed by atoms with Crippen molar-refractivity contribution in [2.75, 3.05) is 0 Å². The van der Waals surface area contributed by atoms with E-state index in [1.165, 1.54) is 13.0 Å². The van der Waals surface area contributed by atoms with E-state index in [-0.39, 0.29) is 48.3 Å². The lowest BCUT2D eigenvalue weighted by Crippen LogP contribution is -2.28. The number of esters is 1. The van der Waals surface area contributed by atoms with Crippen LogP contribution >= 0.6 is 0 Å². The maximum Gasteiger partial charge on any atom is 0.315 e. The molecule has 12 heteroatoms. The molecule has 2 N–H and O–H groups in total. The third-order valence-electron chi connectivity index (χ3n) is 5.73. The van der Waals surface area contributed by atoms with Gasteiger partial charge in [0.15, 0.2) is 11.5 Å². The number of ether oxygens (including phenoxy) is 2. The third kappa shape index (κ3) is 5.14. The zero-order valence-corrected chi connectivity index (χ0v) is 20.0. The Morgan fingerprint density at radius 1 is 1.13 bits per heavy atom. The Morgan fingerprint density at radius 3 is 2.74 bits per heavy atom. The van der Waals surface area contributed by atoms with Crippen LogP contribution in [0.3, 0.4) is 0 Å². The summed E-state index contributed by atoms with van der Waals surface area (Å²) in [4.78, 5) is 41.4. The number of carbonyl (C=O) groups is 3. The van der Waals surface area contributed by atoms with E-state index in [0.29, 0.717) is 16.9 Å². The molecule has 0 bridgehead atoms. The lowest BCUT2D eigenvalue weighted by atomic mass is 10.1. The molecule has 0 saturated heterocycles. The fourth-order valence-corrected chi connectivity index (χ4v) is 3.99. The summed E-state index contributed by atoms with van der Waals surface area (Å²) >= 11 is 0. The van der Waals surface area contributed by atoms with Crippen molar-refractivity contribution in [3.05, 3.63) is 88.6 Å². The number of hydrogen-bond acceptors (Lipinski definition) is 7. The SMILES string of the molecule is CC(F)Oc1ccccc1CNC(=O)c1cc(C(=O)NCc2ccc3c(c2)CC(=O)O3)nc2c(F)cnn12. The molecular weight excluding hydrogens is 500 g/mol. The molecule has 2 aromatic heterocycles. The van der Waals surface area contributed by atoms with Gasteiger partial charge in [-0.1, -0.05) is 24.3 Å². The monoisotopic (exact) mass is 521 g/mol. The summed E-state index contributed by atoms with van der Waals surface area (Å²) in [5, 5.41) is 9.20. The molecule has 2 amide bonds. The summed E-state index contributed by atoms with van der Waals surface area (Å²) in [7, 11) is 0. The van der Waals surface area contributed by atoms with E-state index in [4.69, 9.17) is 9.47 Å². The number of aromatic nitrogens is 3. The minimum absolute atomic E-state index is 0.0264. The molecule has 0 fully saturated rings. The number of nitrogens with one attached hydrogen (secondary N) is 2. The fourth-order valence-electron chi connectivity index (χ4n) is 3.99. The van der Waals surface area contributed by atoms with E-state index in [2.05, 4.69) is 20.7 Å². The summed E-state index contributed by atoms with van der Waals surface area (Å²) < 4.78 is 38.9. The number of alkyl halides is 1. The van der Waals surface area contributed by atoms with Crippen LogP contribution in [0.15, 0.2) is 54.7 Å². The van der Waals surface area contributed by atoms with Crippen LogP contribution in [0.4, 0.5) is 8.78 Å². The highest BCUT2D eigenvalue weighted by molar-refractivity contribution is 5.98. The van der Waals surface area contributed by atoms with Crippen molar-refractivity contribution in [2.45, 2.75) is 32.8 Å². The number of hydrogen-bond donors (Lipinski definition) is 2. The minimum atomic E-state index is -1.55. The molecule has 0 saturated carbocycles. The first kappa shape index (κ1) is 24.8. The summed E-state index contributed by atoms with van der Waals surface area (Å²) in [6.07, 6.45) is -0.509. The predicted octanol–water partition coefficient (Wildman–Crippen LogP) is 2.88. The lowest BCUT2D eigenvalue weighted by molar-refractivity contribution is -0.131. The van der Waals surface area contributed by atoms with Gasteiger partial charge in [0.1, 0.15) is 22.9 Å². The molecule has 10 nitrogen and oxygen atoms in total. The number of fused-ring (bicyclic) bond motifs is 2. The van der Waals surface area contributed by atoms with Crippen LogP contribution in [0.25, 0.3) is 5.65 Å². The number of amides is 2. The first-order chi connectivity index (χ1) is 18.3. The number of para-hydroxylation sites is 1. The molecule has 194 valence electrons. The molecule has 0 spiro atoms. The van der Waals surface area contributed by atoms with Crippen LogP contribution in [0.1, 0.15) is 44.6 Å². The van der Waals surface area contributed by atoms with Crippen LogP contribution in [0, 0.1) is 5.82 Å². The van der Waals surface area contributed by atoms with Gasteiger partial charge in [0, 0.05) is 37.2 Å². The molecule has 38 heavy (non-hydrogen) atoms. The van der Waals surface area contributed by atoms with Gasteiger partial charge >= 0.3 is 5.97 Å². The highest BCUT2D eigenvalue weighted by Gasteiger charge is 2.22. The zero-order chi connectivity index (χ0) is 26.8. The minimum Gasteiger partial charge on any atom is -0.460 e. The average molecular weight is 521 g/mol. The molecule has 1 aliphatic heterocycles. The molecule has 5 rings (SSSR count). The Hall–Kier alpha value is -4.87. The smallest absolute Gasteiger partial charge is 0.315 e. The first-order valence-corrected chi connectivity index (χ1v) is 11.6. The Bertz CT molecular complexity index is 1570. The van der Waals surface area contributed by atoms with Gasteiger partial charge in [-0.05, 0) is 23.8 Å². The summed E-state index contributed by atoms with van der Waals surface area (Å²) in [5.74, 6) is -1.73. The van der Waals surface area contributed by atoms with Crippen LogP contribution in [-0.2, 0) is 24.3 Å². The van der Waals surface area contributed by atoms with Crippen molar-refractivity contribution in [2.24, 2.45) is 0 Å². The van der Waals surface area contributed by atoms with E-state index in [0.717, 1.165) is 16.3 Å². The number of rotatable bonds is 8. The topological polar surface area (TPSA) is 124 Å². The second-order valence-electron chi connectivity index (χ2n) is 8.48. The van der Waals surface area contributed by atoms with Gasteiger partial charge in [-0.15, -0.1) is 0 Å². The highest BCUT2D eigenvalue weighted by atomic mass is 19.1. The summed E-state index contributed by atoms with van der Waals surface area (Å²) in [5.41, 5.74) is 1.32. The Labute approximate surface area is 214 Å². The lowest BCUT2D eigenvalue weighted by Gasteiger charge is -2.13. The van der Waals surface area contributed by atoms with Crippen LogP contribution in [0.5, 0.6) is 11.5 Å². The van der Waals surface area contributed by atoms with Gasteiger partial charge in [0.05, 0.1) is 12.6 Å². The van der Waals surface area contributed by atoms with Gasteiger partial charge in [0.25, 0.3) is 11.8 Å². The molecular formula is C26H21F2N5O5. The van der Waals surface area contributed by atoms with E-state index in [1.807, 2.05) is 0 Å². The zero-order valence-electron chi connectivity index (χ0n) is 20.0. The van der Waals surface area contributed by atoms with Crippen LogP contribution < -0.4 is 20.1 Å². The van der Waals surface area contributed by atoms with Crippen molar-refractivity contribution in [1.82, 2.24) is 25.2 Å². The Morgan fingerprint density at radius 2 is 1.92 bits per heavy atom. The maximum atomic E-state index is 14.4. The molecule has 1 unspecified atom stereocenters. The van der Waals surface area contributed by atoms with Crippen LogP contribution in [0.2, 0.25) is 0 Å². The van der Waals surface area contributed by atoms with E-state index in [1.54, 1.807) is 42.5 Å². The van der Waals surface area contributed by atoms with Crippen molar-refractivity contribution >= 4 is 23.4 Å². The van der Waals surface area contributed by atoms with Crippen molar-refractivity contribution in [3.8, 4) is 11.5 Å². The summed E-state index contributed by atoms with van der Waals surface area (Å²) in [6.45, 7) is 1.31. The standard InChI is InChI=1S/C26H21F2N5O5/c1-14(27)37-21-5-3-2-4-16(21)12-30-26(36)20-10-19(32-24-18(28)13-31-33(20)24)25(35)29-11-15-6-7-22-17(8-15)9-23(34)38-22/h2-8,10,13-14H,9,11-12H2,1H3,(H,29,35)(H,30,36). The quantitative estimate of drug-likeness (QED) is 0.270. The number of carbonyl (C=O) groups excluding carboxylic acids is 3. The van der Waals surface area contributed by atoms with Gasteiger partial charge in [-0.3, -0.25) is 14.4 Å². The molecule has 4 aromatic rings. The third-order valence-corrected chi connectivity index (χ3v) is 5.73. The van der Waals surface area contributed by atoms with Gasteiger partial charge in [-0.25, -0.2) is 18.3 Å². The van der Waals surface area contributed by atoms with E-state index >= 15 is 0 Å². The van der Waals surface area contributed by atoms with Gasteiger partial charge < -0.3 is 20.1 Å². The second-order valence-corrected chi connectivity index (χ2v) is 8.48. The maximum absolute atomic E-state index is 14.4. The van der Waals surface area contributed by atoms with E-state index < -0.39 is 24.0 Å². The number of nitrogens with zero attached hydrogens (tertiary/aromatic N) is 3. The number of halogens is 2. The van der Waals surface area contributed by atoms with Crippen molar-refractivity contribution in [1.29, 1.82) is 0 Å². The largest absolute Gasteiger partial charge is 0.460 e. The molecule has 0 aliphatic carbocycles. The normalized spacial score (nSPS) is 13.1. The first-order valence-electron chi connectivity index (χ1n) is 11.6. The second kappa shape index (κ2) is 10.2. The Balaban J connectivity index is 1.34. The molecule has 3 heterocycles. The predicted molar refractivity (Wildman–Crippen MR) is 129 cm³/mol. The summed E-state index contributed by atoms with van der Waals surface area (Å²) in [6, 6.07) is 12.9. The molecule has 0 radical (unpaired) electrons. The van der Waals surface area contributed by atoms with E-state index in [9.17, 15) is 23.2 Å².